The van der Waals surface area contributed by atoms with Crippen LogP contribution in [0.5, 0.6) is 0 Å². The molecule has 0 saturated carbocycles. The lowest BCUT2D eigenvalue weighted by molar-refractivity contribution is 0.0708. The third-order valence-electron chi connectivity index (χ3n) is 3.30. The van der Waals surface area contributed by atoms with E-state index in [1.165, 1.54) is 0 Å². The minimum atomic E-state index is -2.51. The Kier molecular flexibility index (Phi) is 8.17. The Morgan fingerprint density at radius 1 is 1.05 bits per heavy atom. The molecule has 0 aliphatic heterocycles. The van der Waals surface area contributed by atoms with E-state index in [-0.39, 0.29) is 0 Å². The van der Waals surface area contributed by atoms with Crippen molar-refractivity contribution >= 4 is 8.80 Å². The van der Waals surface area contributed by atoms with E-state index in [1.807, 2.05) is 27.7 Å². The number of imidazole rings is 1. The fourth-order valence-electron chi connectivity index (χ4n) is 2.53. The lowest BCUT2D eigenvalue weighted by atomic mass is 10.3. The summed E-state index contributed by atoms with van der Waals surface area (Å²) < 4.78 is 19.8. The maximum Gasteiger partial charge on any atom is 0.500 e. The normalized spacial score (nSPS) is 12.0. The van der Waals surface area contributed by atoms with Crippen LogP contribution in [-0.4, -0.2) is 38.2 Å². The summed E-state index contributed by atoms with van der Waals surface area (Å²) in [5.41, 5.74) is 1.08. The Morgan fingerprint density at radius 3 is 2.10 bits per heavy atom. The second-order valence-electron chi connectivity index (χ2n) is 4.92. The number of aryl methyl sites for hydroxylation is 3. The molecule has 0 unspecified atom stereocenters. The Morgan fingerprint density at radius 2 is 1.62 bits per heavy atom. The summed E-state index contributed by atoms with van der Waals surface area (Å²) in [6, 6.07) is 0.845. The average Bonchev–Trinajstić information content (AvgIpc) is 2.80. The number of nitrogens with zero attached hydrogens (tertiary/aromatic N) is 2. The lowest BCUT2D eigenvalue weighted by Gasteiger charge is -2.28. The fraction of sp³-hybridized carbons (Fsp3) is 0.800. The molecule has 0 bridgehead atoms. The summed E-state index contributed by atoms with van der Waals surface area (Å²) in [6.45, 7) is 13.0. The van der Waals surface area contributed by atoms with E-state index in [2.05, 4.69) is 22.7 Å². The van der Waals surface area contributed by atoms with Crippen LogP contribution in [0.1, 0.15) is 45.6 Å². The molecule has 0 aromatic carbocycles. The molecule has 0 spiro atoms. The summed E-state index contributed by atoms with van der Waals surface area (Å²) in [5.74, 6) is 1.14. The van der Waals surface area contributed by atoms with Crippen molar-refractivity contribution in [3.05, 3.63) is 17.7 Å². The predicted octanol–water partition coefficient (Wildman–Crippen LogP) is 3.19. The molecule has 0 atom stereocenters. The van der Waals surface area contributed by atoms with E-state index in [0.717, 1.165) is 36.9 Å². The number of aromatic nitrogens is 2. The van der Waals surface area contributed by atoms with Crippen molar-refractivity contribution in [2.45, 2.75) is 60.0 Å². The summed E-state index contributed by atoms with van der Waals surface area (Å²) in [6.07, 6.45) is 4.01. The largest absolute Gasteiger partial charge is 0.500 e. The van der Waals surface area contributed by atoms with Crippen molar-refractivity contribution < 1.29 is 13.3 Å². The Bertz CT molecular complexity index is 393. The smallest absolute Gasteiger partial charge is 0.374 e. The summed E-state index contributed by atoms with van der Waals surface area (Å²) >= 11 is 0. The molecule has 1 heterocycles. The van der Waals surface area contributed by atoms with Crippen LogP contribution in [0.2, 0.25) is 6.04 Å². The predicted molar refractivity (Wildman–Crippen MR) is 86.4 cm³/mol. The number of hydrogen-bond donors (Lipinski definition) is 0. The molecule has 1 aromatic rings. The molecule has 0 N–H and O–H groups in total. The van der Waals surface area contributed by atoms with E-state index in [4.69, 9.17) is 13.3 Å². The van der Waals surface area contributed by atoms with Gasteiger partial charge in [0.25, 0.3) is 0 Å². The zero-order valence-corrected chi connectivity index (χ0v) is 15.1. The molecule has 122 valence electrons. The summed E-state index contributed by atoms with van der Waals surface area (Å²) in [5, 5.41) is 0. The lowest BCUT2D eigenvalue weighted by Crippen LogP contribution is -2.46. The van der Waals surface area contributed by atoms with Crippen LogP contribution in [0.4, 0.5) is 0 Å². The third-order valence-corrected chi connectivity index (χ3v) is 6.45. The molecule has 5 nitrogen and oxygen atoms in total. The van der Waals surface area contributed by atoms with Gasteiger partial charge in [-0.2, -0.15) is 0 Å². The van der Waals surface area contributed by atoms with Crippen molar-refractivity contribution in [3.63, 3.8) is 0 Å². The highest BCUT2D eigenvalue weighted by molar-refractivity contribution is 6.60. The maximum atomic E-state index is 5.88. The number of hydrogen-bond acceptors (Lipinski definition) is 4. The molecule has 0 fully saturated rings. The van der Waals surface area contributed by atoms with E-state index in [9.17, 15) is 0 Å². The average molecular weight is 315 g/mol. The minimum Gasteiger partial charge on any atom is -0.374 e. The van der Waals surface area contributed by atoms with Gasteiger partial charge in [0.05, 0.1) is 5.69 Å². The van der Waals surface area contributed by atoms with Gasteiger partial charge in [-0.15, -0.1) is 0 Å². The van der Waals surface area contributed by atoms with Gasteiger partial charge >= 0.3 is 8.80 Å². The molecule has 6 heteroatoms. The topological polar surface area (TPSA) is 45.5 Å². The Hall–Kier alpha value is -0.693. The van der Waals surface area contributed by atoms with Gasteiger partial charge in [0, 0.05) is 45.0 Å². The summed E-state index contributed by atoms with van der Waals surface area (Å²) in [7, 11) is -2.51. The molecule has 21 heavy (non-hydrogen) atoms. The maximum absolute atomic E-state index is 5.88. The van der Waals surface area contributed by atoms with Crippen LogP contribution >= 0.6 is 0 Å². The molecule has 0 aliphatic carbocycles. The quantitative estimate of drug-likeness (QED) is 0.588. The second-order valence-corrected chi connectivity index (χ2v) is 7.65. The molecule has 0 amide bonds. The standard InChI is InChI=1S/C15H30N2O3Si/c1-6-17-13-14(5)16-15(17)11-10-12-21(18-7-2,19-8-3)20-9-4/h13H,6-12H2,1-5H3. The Balaban J connectivity index is 2.63. The molecule has 1 aromatic heterocycles. The van der Waals surface area contributed by atoms with E-state index in [0.29, 0.717) is 19.8 Å². The first kappa shape index (κ1) is 18.4. The van der Waals surface area contributed by atoms with Crippen LogP contribution < -0.4 is 0 Å². The van der Waals surface area contributed by atoms with Gasteiger partial charge in [-0.05, 0) is 41.0 Å². The van der Waals surface area contributed by atoms with Crippen LogP contribution in [0.25, 0.3) is 0 Å². The first-order valence-corrected chi connectivity index (χ1v) is 9.98. The molecular weight excluding hydrogens is 284 g/mol. The van der Waals surface area contributed by atoms with Crippen molar-refractivity contribution in [2.24, 2.45) is 0 Å². The highest BCUT2D eigenvalue weighted by atomic mass is 28.4. The van der Waals surface area contributed by atoms with Gasteiger partial charge in [0.2, 0.25) is 0 Å². The van der Waals surface area contributed by atoms with Crippen LogP contribution in [0, 0.1) is 6.92 Å². The van der Waals surface area contributed by atoms with Gasteiger partial charge in [-0.25, -0.2) is 4.98 Å². The first-order chi connectivity index (χ1) is 10.1. The molecule has 0 radical (unpaired) electrons. The molecular formula is C15H30N2O3Si. The zero-order chi connectivity index (χ0) is 15.7. The summed E-state index contributed by atoms with van der Waals surface area (Å²) in [4.78, 5) is 4.59. The van der Waals surface area contributed by atoms with Crippen molar-refractivity contribution in [1.82, 2.24) is 9.55 Å². The molecule has 0 saturated heterocycles. The van der Waals surface area contributed by atoms with Crippen LogP contribution in [-0.2, 0) is 26.2 Å². The van der Waals surface area contributed by atoms with Crippen LogP contribution in [0.3, 0.4) is 0 Å². The Labute approximate surface area is 130 Å². The highest BCUT2D eigenvalue weighted by Crippen LogP contribution is 2.20. The highest BCUT2D eigenvalue weighted by Gasteiger charge is 2.39. The first-order valence-electron chi connectivity index (χ1n) is 8.05. The van der Waals surface area contributed by atoms with Crippen molar-refractivity contribution in [3.8, 4) is 0 Å². The minimum absolute atomic E-state index is 0.634. The van der Waals surface area contributed by atoms with Crippen molar-refractivity contribution in [2.75, 3.05) is 19.8 Å². The monoisotopic (exact) mass is 314 g/mol. The van der Waals surface area contributed by atoms with E-state index in [1.54, 1.807) is 0 Å². The van der Waals surface area contributed by atoms with E-state index >= 15 is 0 Å². The number of rotatable bonds is 11. The van der Waals surface area contributed by atoms with Gasteiger partial charge in [0.1, 0.15) is 5.82 Å². The molecule has 1 rings (SSSR count). The second kappa shape index (κ2) is 9.35. The zero-order valence-electron chi connectivity index (χ0n) is 14.1. The molecule has 0 aliphatic rings. The van der Waals surface area contributed by atoms with Crippen LogP contribution in [0.15, 0.2) is 6.20 Å². The van der Waals surface area contributed by atoms with Gasteiger partial charge < -0.3 is 17.8 Å². The van der Waals surface area contributed by atoms with Gasteiger partial charge in [-0.3, -0.25) is 0 Å². The SMILES string of the molecule is CCO[Si](CCCc1nc(C)cn1CC)(OCC)OCC. The third kappa shape index (κ3) is 5.54. The van der Waals surface area contributed by atoms with Gasteiger partial charge in [-0.1, -0.05) is 0 Å². The van der Waals surface area contributed by atoms with Crippen molar-refractivity contribution in [1.29, 1.82) is 0 Å². The van der Waals surface area contributed by atoms with E-state index < -0.39 is 8.80 Å². The van der Waals surface area contributed by atoms with Gasteiger partial charge in [0.15, 0.2) is 0 Å². The fourth-order valence-corrected chi connectivity index (χ4v) is 5.15.